The van der Waals surface area contributed by atoms with Crippen LogP contribution in [-0.2, 0) is 9.47 Å². The first kappa shape index (κ1) is 12.4. The Kier molecular flexibility index (Phi) is 4.02. The summed E-state index contributed by atoms with van der Waals surface area (Å²) in [5.74, 6) is 2.19. The molecule has 0 bridgehead atoms. The monoisotopic (exact) mass is 238 g/mol. The molecule has 0 saturated heterocycles. The van der Waals surface area contributed by atoms with Gasteiger partial charge in [-0.3, -0.25) is 0 Å². The van der Waals surface area contributed by atoms with Gasteiger partial charge in [0.05, 0.1) is 12.1 Å². The first-order valence-electron chi connectivity index (χ1n) is 6.59. The smallest absolute Gasteiger partial charge is 0.186 e. The summed E-state index contributed by atoms with van der Waals surface area (Å²) in [6.07, 6.45) is 2.96. The Balaban J connectivity index is 1.77. The molecule has 0 saturated carbocycles. The predicted octanol–water partition coefficient (Wildman–Crippen LogP) is 2.43. The van der Waals surface area contributed by atoms with Gasteiger partial charge in [0.25, 0.3) is 0 Å². The molecule has 4 nitrogen and oxygen atoms in total. The predicted molar refractivity (Wildman–Crippen MR) is 68.7 cm³/mol. The number of aliphatic imine (C=N–C) groups is 2. The van der Waals surface area contributed by atoms with Crippen LogP contribution in [-0.4, -0.2) is 37.1 Å². The highest BCUT2D eigenvalue weighted by molar-refractivity contribution is 5.82. The van der Waals surface area contributed by atoms with Gasteiger partial charge in [-0.2, -0.15) is 0 Å². The average molecular weight is 238 g/mol. The van der Waals surface area contributed by atoms with Gasteiger partial charge in [0.1, 0.15) is 13.2 Å². The third-order valence-corrected chi connectivity index (χ3v) is 3.27. The van der Waals surface area contributed by atoms with E-state index < -0.39 is 0 Å². The summed E-state index contributed by atoms with van der Waals surface area (Å²) in [7, 11) is 0. The summed E-state index contributed by atoms with van der Waals surface area (Å²) in [4.78, 5) is 9.01. The van der Waals surface area contributed by atoms with Crippen molar-refractivity contribution in [3.8, 4) is 0 Å². The van der Waals surface area contributed by atoms with Crippen LogP contribution in [0.5, 0.6) is 0 Å². The fraction of sp³-hybridized carbons (Fsp3) is 0.846. The molecule has 0 aromatic carbocycles. The van der Waals surface area contributed by atoms with Gasteiger partial charge in [0, 0.05) is 12.3 Å². The molecule has 2 rings (SSSR count). The molecule has 0 fully saturated rings. The molecule has 2 aliphatic heterocycles. The Morgan fingerprint density at radius 3 is 2.71 bits per heavy atom. The molecular formula is C13H22N2O2. The van der Waals surface area contributed by atoms with Crippen molar-refractivity contribution < 1.29 is 9.47 Å². The van der Waals surface area contributed by atoms with Gasteiger partial charge >= 0.3 is 0 Å². The van der Waals surface area contributed by atoms with E-state index in [1.165, 1.54) is 0 Å². The largest absolute Gasteiger partial charge is 0.479 e. The van der Waals surface area contributed by atoms with Gasteiger partial charge in [-0.25, -0.2) is 9.98 Å². The lowest BCUT2D eigenvalue weighted by molar-refractivity contribution is 0.295. The van der Waals surface area contributed by atoms with E-state index in [0.717, 1.165) is 44.3 Å². The molecule has 2 aliphatic rings. The zero-order chi connectivity index (χ0) is 12.3. The highest BCUT2D eigenvalue weighted by Crippen LogP contribution is 2.18. The second kappa shape index (κ2) is 5.52. The SMILES string of the molecule is CCC1COC(CCC(C)C2=NC(C)CO2)=N1. The van der Waals surface area contributed by atoms with Crippen molar-refractivity contribution in [2.75, 3.05) is 13.2 Å². The minimum absolute atomic E-state index is 0.317. The molecule has 0 radical (unpaired) electrons. The number of hydrogen-bond donors (Lipinski definition) is 0. The fourth-order valence-corrected chi connectivity index (χ4v) is 2.05. The van der Waals surface area contributed by atoms with Gasteiger partial charge < -0.3 is 9.47 Å². The van der Waals surface area contributed by atoms with Crippen LogP contribution in [0.3, 0.4) is 0 Å². The summed E-state index contributed by atoms with van der Waals surface area (Å²) in [6.45, 7) is 7.87. The van der Waals surface area contributed by atoms with Crippen LogP contribution in [0.4, 0.5) is 0 Å². The minimum atomic E-state index is 0.317. The number of hydrogen-bond acceptors (Lipinski definition) is 4. The van der Waals surface area contributed by atoms with Crippen LogP contribution in [0.1, 0.15) is 40.0 Å². The summed E-state index contributed by atoms with van der Waals surface area (Å²) in [5, 5.41) is 0. The molecule has 2 heterocycles. The standard InChI is InChI=1S/C13H22N2O2/c1-4-11-8-16-12(15-11)6-5-9(2)13-14-10(3)7-17-13/h9-11H,4-8H2,1-3H3. The lowest BCUT2D eigenvalue weighted by Gasteiger charge is -2.10. The molecule has 0 aromatic rings. The first-order valence-corrected chi connectivity index (χ1v) is 6.59. The second-order valence-corrected chi connectivity index (χ2v) is 4.96. The minimum Gasteiger partial charge on any atom is -0.479 e. The van der Waals surface area contributed by atoms with Crippen molar-refractivity contribution in [1.82, 2.24) is 0 Å². The Morgan fingerprint density at radius 2 is 2.12 bits per heavy atom. The normalized spacial score (nSPS) is 29.4. The van der Waals surface area contributed by atoms with E-state index in [2.05, 4.69) is 30.8 Å². The maximum absolute atomic E-state index is 5.56. The van der Waals surface area contributed by atoms with Crippen LogP contribution in [0.15, 0.2) is 9.98 Å². The van der Waals surface area contributed by atoms with Crippen molar-refractivity contribution in [2.24, 2.45) is 15.9 Å². The van der Waals surface area contributed by atoms with Crippen molar-refractivity contribution in [3.63, 3.8) is 0 Å². The first-order chi connectivity index (χ1) is 8.19. The molecule has 0 spiro atoms. The van der Waals surface area contributed by atoms with Crippen LogP contribution in [0.2, 0.25) is 0 Å². The molecule has 4 heteroatoms. The maximum Gasteiger partial charge on any atom is 0.186 e. The van der Waals surface area contributed by atoms with Gasteiger partial charge in [-0.05, 0) is 19.8 Å². The van der Waals surface area contributed by atoms with Crippen LogP contribution >= 0.6 is 0 Å². The molecule has 0 aromatic heterocycles. The Bertz CT molecular complexity index is 325. The van der Waals surface area contributed by atoms with E-state index in [-0.39, 0.29) is 0 Å². The Morgan fingerprint density at radius 1 is 1.29 bits per heavy atom. The molecule has 3 unspecified atom stereocenters. The molecule has 0 amide bonds. The van der Waals surface area contributed by atoms with E-state index in [1.54, 1.807) is 0 Å². The van der Waals surface area contributed by atoms with Crippen molar-refractivity contribution in [2.45, 2.75) is 52.1 Å². The maximum atomic E-state index is 5.56. The topological polar surface area (TPSA) is 43.2 Å². The molecule has 3 atom stereocenters. The van der Waals surface area contributed by atoms with Crippen molar-refractivity contribution >= 4 is 11.8 Å². The summed E-state index contributed by atoms with van der Waals surface area (Å²) in [5.41, 5.74) is 0. The third kappa shape index (κ3) is 3.20. The summed E-state index contributed by atoms with van der Waals surface area (Å²) in [6, 6.07) is 0.692. The van der Waals surface area contributed by atoms with Crippen molar-refractivity contribution in [1.29, 1.82) is 0 Å². The van der Waals surface area contributed by atoms with Crippen molar-refractivity contribution in [3.05, 3.63) is 0 Å². The highest BCUT2D eigenvalue weighted by Gasteiger charge is 2.22. The lowest BCUT2D eigenvalue weighted by atomic mass is 10.1. The van der Waals surface area contributed by atoms with Gasteiger partial charge in [-0.15, -0.1) is 0 Å². The summed E-state index contributed by atoms with van der Waals surface area (Å²) < 4.78 is 11.1. The molecule has 0 N–H and O–H groups in total. The van der Waals surface area contributed by atoms with E-state index in [0.29, 0.717) is 18.0 Å². The van der Waals surface area contributed by atoms with Crippen LogP contribution in [0.25, 0.3) is 0 Å². The van der Waals surface area contributed by atoms with Gasteiger partial charge in [-0.1, -0.05) is 13.8 Å². The van der Waals surface area contributed by atoms with Crippen LogP contribution in [0, 0.1) is 5.92 Å². The number of nitrogens with zero attached hydrogens (tertiary/aromatic N) is 2. The molecule has 0 aliphatic carbocycles. The molecule has 17 heavy (non-hydrogen) atoms. The van der Waals surface area contributed by atoms with Crippen LogP contribution < -0.4 is 0 Å². The second-order valence-electron chi connectivity index (χ2n) is 4.96. The summed E-state index contributed by atoms with van der Waals surface area (Å²) >= 11 is 0. The Hall–Kier alpha value is -1.06. The average Bonchev–Trinajstić information content (AvgIpc) is 2.94. The lowest BCUT2D eigenvalue weighted by Crippen LogP contribution is -2.13. The quantitative estimate of drug-likeness (QED) is 0.738. The number of ether oxygens (including phenoxy) is 2. The van der Waals surface area contributed by atoms with Gasteiger partial charge in [0.2, 0.25) is 0 Å². The molecule has 96 valence electrons. The van der Waals surface area contributed by atoms with E-state index in [1.807, 2.05) is 0 Å². The molecular weight excluding hydrogens is 216 g/mol. The fourth-order valence-electron chi connectivity index (χ4n) is 2.05. The Labute approximate surface area is 103 Å². The number of rotatable bonds is 5. The van der Waals surface area contributed by atoms with E-state index >= 15 is 0 Å². The highest BCUT2D eigenvalue weighted by atomic mass is 16.5. The zero-order valence-corrected chi connectivity index (χ0v) is 11.0. The van der Waals surface area contributed by atoms with E-state index in [9.17, 15) is 0 Å². The van der Waals surface area contributed by atoms with Gasteiger partial charge in [0.15, 0.2) is 11.8 Å². The van der Waals surface area contributed by atoms with E-state index in [4.69, 9.17) is 9.47 Å². The third-order valence-electron chi connectivity index (χ3n) is 3.27. The zero-order valence-electron chi connectivity index (χ0n) is 11.0.